The Hall–Kier alpha value is -4.76. The summed E-state index contributed by atoms with van der Waals surface area (Å²) in [5.74, 6) is -0.791. The molecule has 2 aliphatic heterocycles. The molecule has 4 aromatic carbocycles. The van der Waals surface area contributed by atoms with Gasteiger partial charge in [0.05, 0.1) is 35.7 Å². The van der Waals surface area contributed by atoms with E-state index >= 15 is 0 Å². The predicted molar refractivity (Wildman–Crippen MR) is 205 cm³/mol. The van der Waals surface area contributed by atoms with Crippen molar-refractivity contribution >= 4 is 32.2 Å². The molecule has 0 unspecified atom stereocenters. The van der Waals surface area contributed by atoms with E-state index in [9.17, 15) is 26.4 Å². The SMILES string of the molecule is O=C(OCc1ccccc1)N1CCC[C@H]1CS(=O)(=O)N[C@H](c1ccccc1)[C@H](NS(=O)(=O)C[C@@H]1CCCN1C(=O)OCc1ccccc1)c1ccccc1. The molecule has 2 amide bonds. The summed E-state index contributed by atoms with van der Waals surface area (Å²) in [6.45, 7) is 0.855. The van der Waals surface area contributed by atoms with Crippen molar-refractivity contribution in [1.29, 1.82) is 0 Å². The van der Waals surface area contributed by atoms with Crippen LogP contribution in [0.5, 0.6) is 0 Å². The Bertz CT molecular complexity index is 1890. The first-order valence-electron chi connectivity index (χ1n) is 18.1. The van der Waals surface area contributed by atoms with Crippen LogP contribution in [-0.2, 0) is 42.7 Å². The summed E-state index contributed by atoms with van der Waals surface area (Å²) >= 11 is 0. The maximum Gasteiger partial charge on any atom is 0.410 e. The summed E-state index contributed by atoms with van der Waals surface area (Å²) in [5.41, 5.74) is 2.71. The van der Waals surface area contributed by atoms with Crippen LogP contribution in [0.2, 0.25) is 0 Å². The molecule has 0 radical (unpaired) electrons. The van der Waals surface area contributed by atoms with Crippen LogP contribution in [0.15, 0.2) is 121 Å². The first-order chi connectivity index (χ1) is 26.1. The molecule has 12 nitrogen and oxygen atoms in total. The smallest absolute Gasteiger partial charge is 0.410 e. The number of carbonyl (C=O) groups excluding carboxylic acids is 2. The summed E-state index contributed by atoms with van der Waals surface area (Å²) in [6, 6.07) is 32.6. The van der Waals surface area contributed by atoms with Gasteiger partial charge in [-0.15, -0.1) is 0 Å². The Balaban J connectivity index is 1.19. The Morgan fingerprint density at radius 1 is 0.556 bits per heavy atom. The van der Waals surface area contributed by atoms with Gasteiger partial charge in [0.1, 0.15) is 13.2 Å². The quantitative estimate of drug-likeness (QED) is 0.151. The van der Waals surface area contributed by atoms with E-state index < -0.39 is 67.9 Å². The average Bonchev–Trinajstić information content (AvgIpc) is 3.85. The Morgan fingerprint density at radius 2 is 0.889 bits per heavy atom. The zero-order valence-electron chi connectivity index (χ0n) is 29.9. The van der Waals surface area contributed by atoms with Gasteiger partial charge in [-0.3, -0.25) is 0 Å². The fourth-order valence-corrected chi connectivity index (χ4v) is 10.3. The summed E-state index contributed by atoms with van der Waals surface area (Å²) < 4.78 is 72.9. The standard InChI is InChI=1S/C40H46N4O8S2/c45-39(51-27-31-15-5-1-6-16-31)43-25-13-23-35(43)29-53(47,48)41-37(33-19-9-3-10-20-33)38(34-21-11-4-12-22-34)42-54(49,50)30-36-24-14-26-44(36)40(46)52-28-32-17-7-2-8-18-32/h1-12,15-22,35-38,41-42H,13-14,23-30H2/t35-,36-,37+,38+/m0/s1. The van der Waals surface area contributed by atoms with Crippen LogP contribution in [0.25, 0.3) is 0 Å². The van der Waals surface area contributed by atoms with Crippen molar-refractivity contribution in [2.45, 2.75) is 63.1 Å². The predicted octanol–water partition coefficient (Wildman–Crippen LogP) is 5.91. The van der Waals surface area contributed by atoms with Crippen LogP contribution in [0.4, 0.5) is 9.59 Å². The van der Waals surface area contributed by atoms with E-state index in [1.165, 1.54) is 9.80 Å². The number of rotatable bonds is 15. The van der Waals surface area contributed by atoms with Gasteiger partial charge in [0.15, 0.2) is 0 Å². The first kappa shape index (κ1) is 38.9. The summed E-state index contributed by atoms with van der Waals surface area (Å²) in [7, 11) is -8.26. The van der Waals surface area contributed by atoms with Gasteiger partial charge in [0, 0.05) is 13.1 Å². The molecule has 54 heavy (non-hydrogen) atoms. The number of nitrogens with one attached hydrogen (secondary N) is 2. The van der Waals surface area contributed by atoms with Crippen molar-refractivity contribution in [1.82, 2.24) is 19.2 Å². The minimum atomic E-state index is -4.13. The van der Waals surface area contributed by atoms with Gasteiger partial charge in [-0.05, 0) is 47.9 Å². The van der Waals surface area contributed by atoms with Crippen molar-refractivity contribution in [3.8, 4) is 0 Å². The Labute approximate surface area is 317 Å². The third-order valence-electron chi connectivity index (χ3n) is 9.72. The second-order valence-electron chi connectivity index (χ2n) is 13.6. The zero-order chi connectivity index (χ0) is 38.0. The molecule has 0 saturated carbocycles. The molecule has 4 aromatic rings. The van der Waals surface area contributed by atoms with Crippen LogP contribution in [0, 0.1) is 0 Å². The van der Waals surface area contributed by atoms with Gasteiger partial charge in [-0.1, -0.05) is 121 Å². The molecular formula is C40H46N4O8S2. The molecule has 0 aliphatic carbocycles. The second kappa shape index (κ2) is 18.0. The second-order valence-corrected chi connectivity index (χ2v) is 17.2. The van der Waals surface area contributed by atoms with Crippen molar-refractivity contribution in [3.63, 3.8) is 0 Å². The molecule has 2 aliphatic rings. The number of carbonyl (C=O) groups is 2. The molecule has 0 spiro atoms. The lowest BCUT2D eigenvalue weighted by Crippen LogP contribution is -2.47. The molecule has 2 heterocycles. The highest BCUT2D eigenvalue weighted by atomic mass is 32.2. The fraction of sp³-hybridized carbons (Fsp3) is 0.350. The maximum atomic E-state index is 14.1. The van der Waals surface area contributed by atoms with Crippen molar-refractivity contribution in [2.24, 2.45) is 0 Å². The molecule has 4 atom stereocenters. The Kier molecular flexibility index (Phi) is 13.0. The number of nitrogens with zero attached hydrogens (tertiary/aromatic N) is 2. The number of likely N-dealkylation sites (tertiary alicyclic amines) is 2. The summed E-state index contributed by atoms with van der Waals surface area (Å²) in [4.78, 5) is 29.1. The van der Waals surface area contributed by atoms with Gasteiger partial charge in [-0.2, -0.15) is 0 Å². The molecule has 0 aromatic heterocycles. The maximum absolute atomic E-state index is 14.1. The Morgan fingerprint density at radius 3 is 1.24 bits per heavy atom. The van der Waals surface area contributed by atoms with Crippen LogP contribution >= 0.6 is 0 Å². The number of hydrogen-bond donors (Lipinski definition) is 2. The van der Waals surface area contributed by atoms with E-state index in [0.29, 0.717) is 49.9 Å². The van der Waals surface area contributed by atoms with Crippen LogP contribution in [0.1, 0.15) is 60.0 Å². The van der Waals surface area contributed by atoms with E-state index in [-0.39, 0.29) is 13.2 Å². The molecule has 14 heteroatoms. The normalized spacial score (nSPS) is 18.6. The number of hydrogen-bond acceptors (Lipinski definition) is 8. The number of benzene rings is 4. The van der Waals surface area contributed by atoms with Gasteiger partial charge >= 0.3 is 12.2 Å². The van der Waals surface area contributed by atoms with E-state index in [2.05, 4.69) is 9.44 Å². The van der Waals surface area contributed by atoms with Gasteiger partial charge in [-0.25, -0.2) is 35.9 Å². The molecule has 2 saturated heterocycles. The largest absolute Gasteiger partial charge is 0.445 e. The highest BCUT2D eigenvalue weighted by molar-refractivity contribution is 7.89. The third-order valence-corrected chi connectivity index (χ3v) is 12.6. The highest BCUT2D eigenvalue weighted by Crippen LogP contribution is 2.32. The summed E-state index contributed by atoms with van der Waals surface area (Å²) in [5, 5.41) is 0. The number of amides is 2. The monoisotopic (exact) mass is 774 g/mol. The molecule has 2 N–H and O–H groups in total. The summed E-state index contributed by atoms with van der Waals surface area (Å²) in [6.07, 6.45) is 1.00. The van der Waals surface area contributed by atoms with E-state index in [4.69, 9.17) is 9.47 Å². The van der Waals surface area contributed by atoms with Crippen molar-refractivity contribution < 1.29 is 35.9 Å². The van der Waals surface area contributed by atoms with E-state index in [1.54, 1.807) is 60.7 Å². The molecule has 286 valence electrons. The van der Waals surface area contributed by atoms with Gasteiger partial charge in [0.2, 0.25) is 20.0 Å². The minimum Gasteiger partial charge on any atom is -0.445 e. The first-order valence-corrected chi connectivity index (χ1v) is 21.4. The molecule has 2 fully saturated rings. The molecule has 0 bridgehead atoms. The molecule has 6 rings (SSSR count). The topological polar surface area (TPSA) is 151 Å². The zero-order valence-corrected chi connectivity index (χ0v) is 31.5. The average molecular weight is 775 g/mol. The lowest BCUT2D eigenvalue weighted by atomic mass is 9.95. The van der Waals surface area contributed by atoms with Gasteiger partial charge < -0.3 is 19.3 Å². The van der Waals surface area contributed by atoms with E-state index in [0.717, 1.165) is 11.1 Å². The lowest BCUT2D eigenvalue weighted by molar-refractivity contribution is 0.0939. The van der Waals surface area contributed by atoms with Crippen LogP contribution < -0.4 is 9.44 Å². The minimum absolute atomic E-state index is 0.0658. The lowest BCUT2D eigenvalue weighted by Gasteiger charge is -2.31. The van der Waals surface area contributed by atoms with Crippen LogP contribution in [0.3, 0.4) is 0 Å². The molecular weight excluding hydrogens is 729 g/mol. The third kappa shape index (κ3) is 10.7. The fourth-order valence-electron chi connectivity index (χ4n) is 7.07. The van der Waals surface area contributed by atoms with Crippen LogP contribution in [-0.4, -0.2) is 75.5 Å². The van der Waals surface area contributed by atoms with Gasteiger partial charge in [0.25, 0.3) is 0 Å². The van der Waals surface area contributed by atoms with E-state index in [1.807, 2.05) is 60.7 Å². The highest BCUT2D eigenvalue weighted by Gasteiger charge is 2.39. The number of sulfonamides is 2. The van der Waals surface area contributed by atoms with Crippen molar-refractivity contribution in [2.75, 3.05) is 24.6 Å². The number of ether oxygens (including phenoxy) is 2. The van der Waals surface area contributed by atoms with Crippen molar-refractivity contribution in [3.05, 3.63) is 144 Å².